The van der Waals surface area contributed by atoms with E-state index in [2.05, 4.69) is 55.6 Å². The lowest BCUT2D eigenvalue weighted by atomic mass is 9.95. The predicted molar refractivity (Wildman–Crippen MR) is 96.3 cm³/mol. The molecule has 108 valence electrons. The minimum atomic E-state index is 0.243. The van der Waals surface area contributed by atoms with Gasteiger partial charge < -0.3 is 5.11 Å². The van der Waals surface area contributed by atoms with Gasteiger partial charge in [0.05, 0.1) is 0 Å². The van der Waals surface area contributed by atoms with E-state index in [0.717, 1.165) is 22.4 Å². The Bertz CT molecular complexity index is 900. The highest BCUT2D eigenvalue weighted by Crippen LogP contribution is 2.46. The fourth-order valence-electron chi connectivity index (χ4n) is 3.23. The van der Waals surface area contributed by atoms with Crippen LogP contribution in [0.5, 0.6) is 5.75 Å². The lowest BCUT2D eigenvalue weighted by Gasteiger charge is -2.14. The van der Waals surface area contributed by atoms with Gasteiger partial charge in [-0.05, 0) is 46.4 Å². The molecule has 0 radical (unpaired) electrons. The number of phenolic OH excluding ortho intramolecular Hbond substituents is 1. The van der Waals surface area contributed by atoms with Gasteiger partial charge in [-0.2, -0.15) is 0 Å². The number of aromatic hydroxyl groups is 1. The minimum absolute atomic E-state index is 0.243. The van der Waals surface area contributed by atoms with Crippen molar-refractivity contribution in [3.05, 3.63) is 65.7 Å². The van der Waals surface area contributed by atoms with Crippen molar-refractivity contribution in [2.75, 3.05) is 0 Å². The molecule has 0 aromatic heterocycles. The molecule has 22 heavy (non-hydrogen) atoms. The van der Waals surface area contributed by atoms with Crippen LogP contribution in [0.3, 0.4) is 0 Å². The highest BCUT2D eigenvalue weighted by Gasteiger charge is 2.23. The maximum Gasteiger partial charge on any atom is 0.124 e. The Labute approximate surface area is 140 Å². The molecule has 1 nitrogen and oxygen atoms in total. The van der Waals surface area contributed by atoms with Crippen LogP contribution in [-0.4, -0.2) is 5.11 Å². The molecular weight excluding hydrogens is 308 g/mol. The Kier molecular flexibility index (Phi) is 3.21. The highest BCUT2D eigenvalue weighted by molar-refractivity contribution is 7.83. The summed E-state index contributed by atoms with van der Waals surface area (Å²) in [6, 6.07) is 18.1. The van der Waals surface area contributed by atoms with E-state index in [9.17, 15) is 5.11 Å². The third-order valence-corrected chi connectivity index (χ3v) is 5.27. The zero-order valence-corrected chi connectivity index (χ0v) is 13.5. The van der Waals surface area contributed by atoms with Crippen LogP contribution in [0, 0.1) is 0 Å². The van der Waals surface area contributed by atoms with Gasteiger partial charge >= 0.3 is 0 Å². The van der Waals surface area contributed by atoms with Crippen LogP contribution in [0.15, 0.2) is 64.4 Å². The topological polar surface area (TPSA) is 20.2 Å². The first-order valence-electron chi connectivity index (χ1n) is 7.11. The van der Waals surface area contributed by atoms with Crippen LogP contribution >= 0.6 is 25.3 Å². The number of fused-ring (bicyclic) bond motifs is 3. The fourth-order valence-corrected chi connectivity index (χ4v) is 3.72. The molecule has 0 spiro atoms. The van der Waals surface area contributed by atoms with Crippen molar-refractivity contribution in [2.45, 2.75) is 16.2 Å². The van der Waals surface area contributed by atoms with E-state index in [1.165, 1.54) is 22.3 Å². The van der Waals surface area contributed by atoms with E-state index in [1.807, 2.05) is 12.1 Å². The summed E-state index contributed by atoms with van der Waals surface area (Å²) in [7, 11) is 0. The molecule has 0 unspecified atom stereocenters. The standard InChI is InChI=1S/C19H14OS2/c20-16-8-9-17(21)19(22)18(16)14-7-3-6-13-12-5-2-1-4-11(12)10-15(13)14/h1-9,20-22H,10H2. The second kappa shape index (κ2) is 5.11. The minimum Gasteiger partial charge on any atom is -0.507 e. The van der Waals surface area contributed by atoms with E-state index in [0.29, 0.717) is 4.90 Å². The Hall–Kier alpha value is -1.84. The van der Waals surface area contributed by atoms with Gasteiger partial charge in [0.1, 0.15) is 5.75 Å². The molecular formula is C19H14OS2. The summed E-state index contributed by atoms with van der Waals surface area (Å²) in [5.74, 6) is 0.243. The summed E-state index contributed by atoms with van der Waals surface area (Å²) in [6.45, 7) is 0. The molecule has 0 amide bonds. The zero-order chi connectivity index (χ0) is 15.3. The zero-order valence-electron chi connectivity index (χ0n) is 11.7. The van der Waals surface area contributed by atoms with E-state index in [-0.39, 0.29) is 5.75 Å². The summed E-state index contributed by atoms with van der Waals surface area (Å²) in [5, 5.41) is 10.3. The van der Waals surface area contributed by atoms with Crippen LogP contribution in [0.4, 0.5) is 0 Å². The summed E-state index contributed by atoms with van der Waals surface area (Å²) < 4.78 is 0. The maximum atomic E-state index is 10.3. The van der Waals surface area contributed by atoms with Crippen molar-refractivity contribution in [3.8, 4) is 28.0 Å². The van der Waals surface area contributed by atoms with Crippen LogP contribution < -0.4 is 0 Å². The van der Waals surface area contributed by atoms with E-state index in [4.69, 9.17) is 0 Å². The lowest BCUT2D eigenvalue weighted by molar-refractivity contribution is 0.475. The second-order valence-electron chi connectivity index (χ2n) is 5.49. The fraction of sp³-hybridized carbons (Fsp3) is 0.0526. The van der Waals surface area contributed by atoms with Crippen molar-refractivity contribution in [3.63, 3.8) is 0 Å². The van der Waals surface area contributed by atoms with Crippen LogP contribution in [0.2, 0.25) is 0 Å². The van der Waals surface area contributed by atoms with E-state index in [1.54, 1.807) is 12.1 Å². The van der Waals surface area contributed by atoms with Crippen LogP contribution in [-0.2, 0) is 6.42 Å². The summed E-state index contributed by atoms with van der Waals surface area (Å²) in [4.78, 5) is 1.48. The van der Waals surface area contributed by atoms with Crippen molar-refractivity contribution in [1.82, 2.24) is 0 Å². The number of thiol groups is 2. The van der Waals surface area contributed by atoms with Gasteiger partial charge in [0.15, 0.2) is 0 Å². The Balaban J connectivity index is 2.00. The normalized spacial score (nSPS) is 12.1. The first-order chi connectivity index (χ1) is 10.7. The van der Waals surface area contributed by atoms with E-state index >= 15 is 0 Å². The molecule has 1 N–H and O–H groups in total. The molecule has 3 aromatic rings. The molecule has 0 heterocycles. The summed E-state index contributed by atoms with van der Waals surface area (Å²) in [5.41, 5.74) is 6.89. The quantitative estimate of drug-likeness (QED) is 0.411. The maximum absolute atomic E-state index is 10.3. The molecule has 0 saturated carbocycles. The van der Waals surface area contributed by atoms with Crippen molar-refractivity contribution >= 4 is 25.3 Å². The molecule has 1 aliphatic carbocycles. The third kappa shape index (κ3) is 1.97. The van der Waals surface area contributed by atoms with Gasteiger partial charge in [-0.15, -0.1) is 25.3 Å². The first-order valence-corrected chi connectivity index (χ1v) is 8.00. The Morgan fingerprint density at radius 3 is 2.36 bits per heavy atom. The summed E-state index contributed by atoms with van der Waals surface area (Å²) >= 11 is 8.99. The van der Waals surface area contributed by atoms with Crippen molar-refractivity contribution < 1.29 is 5.11 Å². The molecule has 1 aliphatic rings. The number of hydrogen-bond donors (Lipinski definition) is 3. The van der Waals surface area contributed by atoms with Gasteiger partial charge in [0, 0.05) is 15.4 Å². The molecule has 0 saturated heterocycles. The average molecular weight is 322 g/mol. The molecule has 0 fully saturated rings. The molecule has 3 heteroatoms. The Morgan fingerprint density at radius 1 is 0.773 bits per heavy atom. The van der Waals surface area contributed by atoms with E-state index < -0.39 is 0 Å². The highest BCUT2D eigenvalue weighted by atomic mass is 32.1. The second-order valence-corrected chi connectivity index (χ2v) is 6.42. The Morgan fingerprint density at radius 2 is 1.50 bits per heavy atom. The molecule has 0 bridgehead atoms. The average Bonchev–Trinajstić information content (AvgIpc) is 2.91. The van der Waals surface area contributed by atoms with Crippen molar-refractivity contribution in [1.29, 1.82) is 0 Å². The number of benzene rings is 3. The SMILES string of the molecule is Oc1ccc(S)c(S)c1-c1cccc2c1Cc1ccccc1-2. The third-order valence-electron chi connectivity index (χ3n) is 4.25. The molecule has 4 rings (SSSR count). The smallest absolute Gasteiger partial charge is 0.124 e. The van der Waals surface area contributed by atoms with Gasteiger partial charge in [-0.3, -0.25) is 0 Å². The monoisotopic (exact) mass is 322 g/mol. The van der Waals surface area contributed by atoms with Crippen LogP contribution in [0.25, 0.3) is 22.3 Å². The lowest BCUT2D eigenvalue weighted by Crippen LogP contribution is -1.90. The largest absolute Gasteiger partial charge is 0.507 e. The first kappa shape index (κ1) is 13.8. The molecule has 3 aromatic carbocycles. The van der Waals surface area contributed by atoms with Gasteiger partial charge in [-0.25, -0.2) is 0 Å². The number of rotatable bonds is 1. The summed E-state index contributed by atoms with van der Waals surface area (Å²) in [6.07, 6.45) is 0.880. The van der Waals surface area contributed by atoms with Gasteiger partial charge in [-0.1, -0.05) is 42.5 Å². The predicted octanol–water partition coefficient (Wildman–Crippen LogP) is 5.21. The number of phenols is 1. The number of hydrogen-bond acceptors (Lipinski definition) is 3. The van der Waals surface area contributed by atoms with Crippen LogP contribution in [0.1, 0.15) is 11.1 Å². The molecule has 0 atom stereocenters. The van der Waals surface area contributed by atoms with Gasteiger partial charge in [0.2, 0.25) is 0 Å². The van der Waals surface area contributed by atoms with Crippen molar-refractivity contribution in [2.24, 2.45) is 0 Å². The van der Waals surface area contributed by atoms with Gasteiger partial charge in [0.25, 0.3) is 0 Å². The molecule has 0 aliphatic heterocycles.